The molecule has 0 saturated carbocycles. The lowest BCUT2D eigenvalue weighted by Gasteiger charge is -2.08. The fourth-order valence-corrected chi connectivity index (χ4v) is 4.48. The number of benzene rings is 2. The van der Waals surface area contributed by atoms with Crippen molar-refractivity contribution in [3.8, 4) is 11.3 Å². The lowest BCUT2D eigenvalue weighted by atomic mass is 10.1. The fourth-order valence-electron chi connectivity index (χ4n) is 2.82. The normalized spacial score (nSPS) is 11.2. The highest BCUT2D eigenvalue weighted by atomic mass is 32.2. The second-order valence-corrected chi connectivity index (χ2v) is 9.45. The van der Waals surface area contributed by atoms with Crippen LogP contribution in [0.3, 0.4) is 0 Å². The third-order valence-electron chi connectivity index (χ3n) is 4.39. The molecule has 1 aromatic heterocycles. The Morgan fingerprint density at radius 1 is 1.20 bits per heavy atom. The van der Waals surface area contributed by atoms with Crippen LogP contribution in [0.2, 0.25) is 0 Å². The van der Waals surface area contributed by atoms with Crippen molar-refractivity contribution >= 4 is 27.3 Å². The lowest BCUT2D eigenvalue weighted by Crippen LogP contribution is -2.27. The monoisotopic (exact) mass is 441 g/mol. The van der Waals surface area contributed by atoms with Gasteiger partial charge in [-0.1, -0.05) is 36.4 Å². The molecule has 0 atom stereocenters. The molecule has 6 nitrogen and oxygen atoms in total. The summed E-state index contributed by atoms with van der Waals surface area (Å²) < 4.78 is 26.8. The zero-order valence-corrected chi connectivity index (χ0v) is 18.2. The van der Waals surface area contributed by atoms with E-state index < -0.39 is 10.0 Å². The quantitative estimate of drug-likeness (QED) is 0.497. The van der Waals surface area contributed by atoms with E-state index in [1.807, 2.05) is 36.6 Å². The molecule has 1 amide bonds. The summed E-state index contributed by atoms with van der Waals surface area (Å²) in [6.07, 6.45) is 2.12. The molecule has 2 aromatic carbocycles. The van der Waals surface area contributed by atoms with Gasteiger partial charge in [0.25, 0.3) is 5.91 Å². The van der Waals surface area contributed by atoms with Crippen LogP contribution in [0.15, 0.2) is 71.5 Å². The van der Waals surface area contributed by atoms with E-state index in [0.29, 0.717) is 18.5 Å². The number of carbonyl (C=O) groups excluding carboxylic acids is 1. The molecule has 3 aromatic rings. The number of hydrogen-bond donors (Lipinski definition) is 2. The van der Waals surface area contributed by atoms with Crippen molar-refractivity contribution in [2.24, 2.45) is 0 Å². The van der Waals surface area contributed by atoms with Crippen LogP contribution in [-0.2, 0) is 16.4 Å². The second-order valence-electron chi connectivity index (χ2n) is 6.62. The van der Waals surface area contributed by atoms with E-state index in [2.05, 4.69) is 21.6 Å². The largest absolute Gasteiger partial charge is 0.352 e. The maximum absolute atomic E-state index is 12.4. The Morgan fingerprint density at radius 3 is 2.63 bits per heavy atom. The molecule has 0 aliphatic carbocycles. The average molecular weight is 442 g/mol. The summed E-state index contributed by atoms with van der Waals surface area (Å²) in [5, 5.41) is 5.90. The van der Waals surface area contributed by atoms with Crippen LogP contribution in [0.4, 0.5) is 0 Å². The van der Waals surface area contributed by atoms with Crippen molar-refractivity contribution in [1.29, 1.82) is 0 Å². The Balaban J connectivity index is 1.57. The van der Waals surface area contributed by atoms with Gasteiger partial charge < -0.3 is 5.32 Å². The van der Waals surface area contributed by atoms with Crippen molar-refractivity contribution in [2.45, 2.75) is 18.2 Å². The minimum absolute atomic E-state index is 0.0462. The predicted molar refractivity (Wildman–Crippen MR) is 120 cm³/mol. The second kappa shape index (κ2) is 9.80. The first-order valence-electron chi connectivity index (χ1n) is 9.39. The molecule has 0 fully saturated rings. The van der Waals surface area contributed by atoms with Crippen LogP contribution in [-0.4, -0.2) is 32.4 Å². The number of rotatable bonds is 9. The number of sulfonamides is 1. The Hall–Kier alpha value is -2.81. The highest BCUT2D eigenvalue weighted by Crippen LogP contribution is 2.21. The van der Waals surface area contributed by atoms with Crippen LogP contribution < -0.4 is 10.0 Å². The number of nitrogens with zero attached hydrogens (tertiary/aromatic N) is 1. The molecule has 156 valence electrons. The minimum Gasteiger partial charge on any atom is -0.352 e. The molecule has 0 aliphatic rings. The summed E-state index contributed by atoms with van der Waals surface area (Å²) in [5.74, 6) is -0.315. The maximum Gasteiger partial charge on any atom is 0.251 e. The van der Waals surface area contributed by atoms with Crippen molar-refractivity contribution in [3.05, 3.63) is 82.7 Å². The fraction of sp³-hybridized carbons (Fsp3) is 0.182. The molecule has 0 bridgehead atoms. The number of amides is 1. The van der Waals surface area contributed by atoms with Gasteiger partial charge in [0.05, 0.1) is 15.6 Å². The predicted octanol–water partition coefficient (Wildman–Crippen LogP) is 3.56. The summed E-state index contributed by atoms with van der Waals surface area (Å²) in [6.45, 7) is 6.04. The van der Waals surface area contributed by atoms with Gasteiger partial charge in [-0.15, -0.1) is 17.9 Å². The first-order chi connectivity index (χ1) is 14.4. The first-order valence-corrected chi connectivity index (χ1v) is 11.8. The van der Waals surface area contributed by atoms with Gasteiger partial charge in [-0.2, -0.15) is 0 Å². The Kier molecular flexibility index (Phi) is 7.15. The van der Waals surface area contributed by atoms with E-state index in [-0.39, 0.29) is 17.3 Å². The third-order valence-corrected chi connectivity index (χ3v) is 6.59. The van der Waals surface area contributed by atoms with E-state index in [1.165, 1.54) is 18.2 Å². The molecule has 0 aliphatic heterocycles. The summed E-state index contributed by atoms with van der Waals surface area (Å²) in [6, 6.07) is 14.1. The minimum atomic E-state index is -3.67. The highest BCUT2D eigenvalue weighted by Gasteiger charge is 2.15. The average Bonchev–Trinajstić information content (AvgIpc) is 3.19. The standard InChI is InChI=1S/C22H23N3O3S2/c1-3-12-24-30(27,28)20-6-4-5-19(14-20)22(26)23-13-11-17-7-9-18(10-8-17)21-15-29-16(2)25-21/h3-10,14-15,24H,1,11-13H2,2H3,(H,23,26). The number of nitrogens with one attached hydrogen (secondary N) is 2. The first kappa shape index (κ1) is 21.9. The molecule has 0 spiro atoms. The lowest BCUT2D eigenvalue weighted by molar-refractivity contribution is 0.0954. The van der Waals surface area contributed by atoms with Gasteiger partial charge in [-0.05, 0) is 37.1 Å². The van der Waals surface area contributed by atoms with Crippen LogP contribution in [0.1, 0.15) is 20.9 Å². The number of carbonyl (C=O) groups is 1. The molecular weight excluding hydrogens is 418 g/mol. The summed E-state index contributed by atoms with van der Waals surface area (Å²) in [4.78, 5) is 16.9. The van der Waals surface area contributed by atoms with Gasteiger partial charge in [0, 0.05) is 29.6 Å². The van der Waals surface area contributed by atoms with Crippen LogP contribution in [0, 0.1) is 6.92 Å². The topological polar surface area (TPSA) is 88.2 Å². The summed E-state index contributed by atoms with van der Waals surface area (Å²) in [7, 11) is -3.67. The van der Waals surface area contributed by atoms with Crippen molar-refractivity contribution < 1.29 is 13.2 Å². The van der Waals surface area contributed by atoms with E-state index in [9.17, 15) is 13.2 Å². The van der Waals surface area contributed by atoms with E-state index in [4.69, 9.17) is 0 Å². The van der Waals surface area contributed by atoms with Crippen LogP contribution in [0.25, 0.3) is 11.3 Å². The van der Waals surface area contributed by atoms with Gasteiger partial charge in [-0.25, -0.2) is 18.1 Å². The van der Waals surface area contributed by atoms with Gasteiger partial charge in [0.1, 0.15) is 0 Å². The van der Waals surface area contributed by atoms with Crippen LogP contribution >= 0.6 is 11.3 Å². The van der Waals surface area contributed by atoms with E-state index >= 15 is 0 Å². The molecule has 0 saturated heterocycles. The van der Waals surface area contributed by atoms with Gasteiger partial charge >= 0.3 is 0 Å². The van der Waals surface area contributed by atoms with Gasteiger partial charge in [-0.3, -0.25) is 4.79 Å². The number of thiazole rings is 1. The van der Waals surface area contributed by atoms with Crippen LogP contribution in [0.5, 0.6) is 0 Å². The highest BCUT2D eigenvalue weighted by molar-refractivity contribution is 7.89. The van der Waals surface area contributed by atoms with E-state index in [1.54, 1.807) is 23.5 Å². The zero-order chi connectivity index (χ0) is 21.6. The van der Waals surface area contributed by atoms with Crippen molar-refractivity contribution in [1.82, 2.24) is 15.0 Å². The smallest absolute Gasteiger partial charge is 0.251 e. The Morgan fingerprint density at radius 2 is 1.97 bits per heavy atom. The number of hydrogen-bond acceptors (Lipinski definition) is 5. The van der Waals surface area contributed by atoms with E-state index in [0.717, 1.165) is 21.8 Å². The van der Waals surface area contributed by atoms with Crippen molar-refractivity contribution in [3.63, 3.8) is 0 Å². The molecular formula is C22H23N3O3S2. The number of aromatic nitrogens is 1. The SMILES string of the molecule is C=CCNS(=O)(=O)c1cccc(C(=O)NCCc2ccc(-c3csc(C)n3)cc2)c1. The molecule has 0 radical (unpaired) electrons. The molecule has 3 rings (SSSR count). The van der Waals surface area contributed by atoms with Gasteiger partial charge in [0.2, 0.25) is 10.0 Å². The molecule has 8 heteroatoms. The molecule has 0 unspecified atom stereocenters. The molecule has 2 N–H and O–H groups in total. The Bertz CT molecular complexity index is 1140. The summed E-state index contributed by atoms with van der Waals surface area (Å²) in [5.41, 5.74) is 3.42. The molecule has 30 heavy (non-hydrogen) atoms. The summed E-state index contributed by atoms with van der Waals surface area (Å²) >= 11 is 1.62. The van der Waals surface area contributed by atoms with Crippen molar-refractivity contribution in [2.75, 3.05) is 13.1 Å². The molecule has 1 heterocycles. The zero-order valence-electron chi connectivity index (χ0n) is 16.6. The Labute approximate surface area is 180 Å². The third kappa shape index (κ3) is 5.63. The number of aryl methyl sites for hydroxylation is 1. The van der Waals surface area contributed by atoms with Gasteiger partial charge in [0.15, 0.2) is 0 Å². The maximum atomic E-state index is 12.4.